The Morgan fingerprint density at radius 2 is 1.87 bits per heavy atom. The fourth-order valence-electron chi connectivity index (χ4n) is 2.34. The van der Waals surface area contributed by atoms with Crippen molar-refractivity contribution in [3.8, 4) is 0 Å². The van der Waals surface area contributed by atoms with Crippen molar-refractivity contribution in [2.24, 2.45) is 0 Å². The molecule has 3 nitrogen and oxygen atoms in total. The maximum atomic E-state index is 12.9. The van der Waals surface area contributed by atoms with Crippen molar-refractivity contribution in [1.29, 1.82) is 0 Å². The lowest BCUT2D eigenvalue weighted by Crippen LogP contribution is -2.36. The molecule has 0 bridgehead atoms. The Morgan fingerprint density at radius 1 is 1.22 bits per heavy atom. The van der Waals surface area contributed by atoms with E-state index in [2.05, 4.69) is 5.32 Å². The number of nitrogens with zero attached hydrogens (tertiary/aromatic N) is 1. The van der Waals surface area contributed by atoms with Gasteiger partial charge in [0.05, 0.1) is 12.6 Å². The standard InChI is InChI=1S/C18H20ClFN2O/c1-13(14-7-9-16(20)10-8-14)21-18(23)12-22(2)11-15-5-3-4-6-17(15)19/h3-10,13H,11-12H2,1-2H3,(H,21,23). The number of hydrogen-bond donors (Lipinski definition) is 1. The minimum atomic E-state index is -0.285. The van der Waals surface area contributed by atoms with Crippen LogP contribution < -0.4 is 5.32 Å². The van der Waals surface area contributed by atoms with E-state index in [4.69, 9.17) is 11.6 Å². The average Bonchev–Trinajstić information content (AvgIpc) is 2.50. The van der Waals surface area contributed by atoms with Crippen LogP contribution in [0, 0.1) is 5.82 Å². The van der Waals surface area contributed by atoms with Crippen LogP contribution in [0.4, 0.5) is 4.39 Å². The number of amides is 1. The molecule has 0 radical (unpaired) electrons. The molecule has 0 aromatic heterocycles. The van der Waals surface area contributed by atoms with Crippen molar-refractivity contribution < 1.29 is 9.18 Å². The predicted octanol–water partition coefficient (Wildman–Crippen LogP) is 3.79. The second-order valence-electron chi connectivity index (χ2n) is 5.60. The van der Waals surface area contributed by atoms with Crippen molar-refractivity contribution in [3.05, 3.63) is 70.5 Å². The van der Waals surface area contributed by atoms with Gasteiger partial charge in [-0.3, -0.25) is 9.69 Å². The molecule has 0 saturated carbocycles. The molecule has 0 aliphatic carbocycles. The number of nitrogens with one attached hydrogen (secondary N) is 1. The van der Waals surface area contributed by atoms with Gasteiger partial charge in [-0.05, 0) is 43.3 Å². The molecule has 0 saturated heterocycles. The normalized spacial score (nSPS) is 12.2. The minimum Gasteiger partial charge on any atom is -0.348 e. The SMILES string of the molecule is CC(NC(=O)CN(C)Cc1ccccc1Cl)c1ccc(F)cc1. The van der Waals surface area contributed by atoms with Crippen LogP contribution >= 0.6 is 11.6 Å². The molecule has 122 valence electrons. The molecule has 23 heavy (non-hydrogen) atoms. The van der Waals surface area contributed by atoms with E-state index in [-0.39, 0.29) is 24.3 Å². The van der Waals surface area contributed by atoms with Gasteiger partial charge in [0.1, 0.15) is 5.82 Å². The zero-order valence-corrected chi connectivity index (χ0v) is 14.0. The summed E-state index contributed by atoms with van der Waals surface area (Å²) in [6, 6.07) is 13.5. The lowest BCUT2D eigenvalue weighted by Gasteiger charge is -2.19. The lowest BCUT2D eigenvalue weighted by atomic mass is 10.1. The Balaban J connectivity index is 1.86. The van der Waals surface area contributed by atoms with Gasteiger partial charge >= 0.3 is 0 Å². The third-order valence-corrected chi connectivity index (χ3v) is 3.93. The number of likely N-dealkylation sites (N-methyl/N-ethyl adjacent to an activating group) is 1. The summed E-state index contributed by atoms with van der Waals surface area (Å²) in [5.41, 5.74) is 1.85. The average molecular weight is 335 g/mol. The molecule has 0 aliphatic heterocycles. The fraction of sp³-hybridized carbons (Fsp3) is 0.278. The molecule has 1 unspecified atom stereocenters. The molecule has 2 aromatic rings. The van der Waals surface area contributed by atoms with Gasteiger partial charge in [0.15, 0.2) is 0 Å². The molecule has 0 aliphatic rings. The van der Waals surface area contributed by atoms with Crippen molar-refractivity contribution in [2.45, 2.75) is 19.5 Å². The van der Waals surface area contributed by atoms with Gasteiger partial charge in [-0.25, -0.2) is 4.39 Å². The highest BCUT2D eigenvalue weighted by Gasteiger charge is 2.12. The number of hydrogen-bond acceptors (Lipinski definition) is 2. The second kappa shape index (κ2) is 8.09. The van der Waals surface area contributed by atoms with Crippen LogP contribution in [-0.2, 0) is 11.3 Å². The molecular formula is C18H20ClFN2O. The van der Waals surface area contributed by atoms with E-state index < -0.39 is 0 Å². The highest BCUT2D eigenvalue weighted by molar-refractivity contribution is 6.31. The quantitative estimate of drug-likeness (QED) is 0.871. The maximum absolute atomic E-state index is 12.9. The van der Waals surface area contributed by atoms with Crippen LogP contribution in [0.3, 0.4) is 0 Å². The first kappa shape index (κ1) is 17.4. The monoisotopic (exact) mass is 334 g/mol. The molecule has 0 spiro atoms. The van der Waals surface area contributed by atoms with Gasteiger partial charge in [-0.1, -0.05) is 41.9 Å². The van der Waals surface area contributed by atoms with Crippen molar-refractivity contribution in [1.82, 2.24) is 10.2 Å². The van der Waals surface area contributed by atoms with Crippen molar-refractivity contribution in [3.63, 3.8) is 0 Å². The summed E-state index contributed by atoms with van der Waals surface area (Å²) in [6.07, 6.45) is 0. The van der Waals surface area contributed by atoms with E-state index in [9.17, 15) is 9.18 Å². The van der Waals surface area contributed by atoms with E-state index in [1.807, 2.05) is 43.1 Å². The topological polar surface area (TPSA) is 32.3 Å². The zero-order chi connectivity index (χ0) is 16.8. The summed E-state index contributed by atoms with van der Waals surface area (Å²) in [5.74, 6) is -0.372. The van der Waals surface area contributed by atoms with Gasteiger partial charge < -0.3 is 5.32 Å². The highest BCUT2D eigenvalue weighted by Crippen LogP contribution is 2.16. The number of rotatable bonds is 6. The molecule has 1 amide bonds. The van der Waals surface area contributed by atoms with Crippen LogP contribution in [-0.4, -0.2) is 24.4 Å². The number of carbonyl (C=O) groups is 1. The maximum Gasteiger partial charge on any atom is 0.234 e. The summed E-state index contributed by atoms with van der Waals surface area (Å²) < 4.78 is 12.9. The van der Waals surface area contributed by atoms with Gasteiger partial charge in [-0.15, -0.1) is 0 Å². The Kier molecular flexibility index (Phi) is 6.13. The molecule has 0 heterocycles. The van der Waals surface area contributed by atoms with Gasteiger partial charge in [0.25, 0.3) is 0 Å². The Hall–Kier alpha value is -1.91. The van der Waals surface area contributed by atoms with E-state index in [0.717, 1.165) is 11.1 Å². The summed E-state index contributed by atoms with van der Waals surface area (Å²) in [5, 5.41) is 3.60. The zero-order valence-electron chi connectivity index (χ0n) is 13.2. The molecule has 2 rings (SSSR count). The van der Waals surface area contributed by atoms with Gasteiger partial charge in [0.2, 0.25) is 5.91 Å². The smallest absolute Gasteiger partial charge is 0.234 e. The van der Waals surface area contributed by atoms with E-state index >= 15 is 0 Å². The molecule has 5 heteroatoms. The van der Waals surface area contributed by atoms with Gasteiger partial charge in [0, 0.05) is 11.6 Å². The third kappa shape index (κ3) is 5.34. The molecule has 1 atom stereocenters. The summed E-state index contributed by atoms with van der Waals surface area (Å²) >= 11 is 6.12. The van der Waals surface area contributed by atoms with E-state index in [1.165, 1.54) is 12.1 Å². The molecule has 2 aromatic carbocycles. The van der Waals surface area contributed by atoms with E-state index in [1.54, 1.807) is 12.1 Å². The Morgan fingerprint density at radius 3 is 2.52 bits per heavy atom. The minimum absolute atomic E-state index is 0.0867. The van der Waals surface area contributed by atoms with Crippen LogP contribution in [0.25, 0.3) is 0 Å². The van der Waals surface area contributed by atoms with Crippen molar-refractivity contribution >= 4 is 17.5 Å². The molecular weight excluding hydrogens is 315 g/mol. The first-order valence-electron chi connectivity index (χ1n) is 7.42. The summed E-state index contributed by atoms with van der Waals surface area (Å²) in [6.45, 7) is 2.73. The predicted molar refractivity (Wildman–Crippen MR) is 90.7 cm³/mol. The first-order valence-corrected chi connectivity index (χ1v) is 7.80. The molecule has 0 fully saturated rings. The van der Waals surface area contributed by atoms with Crippen LogP contribution in [0.1, 0.15) is 24.1 Å². The van der Waals surface area contributed by atoms with Crippen LogP contribution in [0.5, 0.6) is 0 Å². The Labute approximate surface area is 141 Å². The van der Waals surface area contributed by atoms with Crippen LogP contribution in [0.2, 0.25) is 5.02 Å². The number of carbonyl (C=O) groups excluding carboxylic acids is 1. The first-order chi connectivity index (χ1) is 11.0. The fourth-order valence-corrected chi connectivity index (χ4v) is 2.54. The highest BCUT2D eigenvalue weighted by atomic mass is 35.5. The van der Waals surface area contributed by atoms with E-state index in [0.29, 0.717) is 11.6 Å². The van der Waals surface area contributed by atoms with Gasteiger partial charge in [-0.2, -0.15) is 0 Å². The second-order valence-corrected chi connectivity index (χ2v) is 6.01. The number of halogens is 2. The lowest BCUT2D eigenvalue weighted by molar-refractivity contribution is -0.122. The van der Waals surface area contributed by atoms with Crippen molar-refractivity contribution in [2.75, 3.05) is 13.6 Å². The number of benzene rings is 2. The third-order valence-electron chi connectivity index (χ3n) is 3.56. The Bertz CT molecular complexity index is 660. The summed E-state index contributed by atoms with van der Waals surface area (Å²) in [4.78, 5) is 14.0. The largest absolute Gasteiger partial charge is 0.348 e. The van der Waals surface area contributed by atoms with Crippen LogP contribution in [0.15, 0.2) is 48.5 Å². The summed E-state index contributed by atoms with van der Waals surface area (Å²) in [7, 11) is 1.87. The molecule has 1 N–H and O–H groups in total.